The van der Waals surface area contributed by atoms with Crippen LogP contribution < -0.4 is 0 Å². The van der Waals surface area contributed by atoms with Crippen LogP contribution in [-0.2, 0) is 4.74 Å². The molecule has 0 radical (unpaired) electrons. The highest BCUT2D eigenvalue weighted by molar-refractivity contribution is 4.70. The molecular formula is C17H37N3O. The number of likely N-dealkylation sites (N-methyl/N-ethyl adjacent to an activating group) is 2. The van der Waals surface area contributed by atoms with Crippen LogP contribution in [0.1, 0.15) is 39.5 Å². The van der Waals surface area contributed by atoms with Crippen LogP contribution in [0.2, 0.25) is 0 Å². The third kappa shape index (κ3) is 8.77. The molecule has 0 saturated carbocycles. The van der Waals surface area contributed by atoms with Gasteiger partial charge in [-0.15, -0.1) is 0 Å². The summed E-state index contributed by atoms with van der Waals surface area (Å²) in [6, 6.07) is 0. The number of rotatable bonds is 11. The first-order valence-electron chi connectivity index (χ1n) is 8.86. The summed E-state index contributed by atoms with van der Waals surface area (Å²) in [4.78, 5) is 7.40. The first kappa shape index (κ1) is 18.9. The Hall–Kier alpha value is -0.160. The molecule has 0 aromatic heterocycles. The lowest BCUT2D eigenvalue weighted by atomic mass is 10.1. The molecule has 0 aromatic rings. The van der Waals surface area contributed by atoms with Crippen molar-refractivity contribution < 1.29 is 4.74 Å². The normalized spacial score (nSPS) is 19.3. The summed E-state index contributed by atoms with van der Waals surface area (Å²) in [5, 5.41) is 0. The minimum Gasteiger partial charge on any atom is -0.377 e. The largest absolute Gasteiger partial charge is 0.377 e. The van der Waals surface area contributed by atoms with Crippen molar-refractivity contribution in [3.05, 3.63) is 0 Å². The van der Waals surface area contributed by atoms with Gasteiger partial charge < -0.3 is 14.5 Å². The summed E-state index contributed by atoms with van der Waals surface area (Å²) in [5.74, 6) is 0. The fraction of sp³-hybridized carbons (Fsp3) is 1.00. The molecule has 0 bridgehead atoms. The van der Waals surface area contributed by atoms with E-state index in [2.05, 4.69) is 42.6 Å². The molecule has 0 aromatic carbocycles. The van der Waals surface area contributed by atoms with Crippen molar-refractivity contribution in [1.82, 2.24) is 14.7 Å². The van der Waals surface area contributed by atoms with Gasteiger partial charge >= 0.3 is 0 Å². The molecule has 1 unspecified atom stereocenters. The monoisotopic (exact) mass is 299 g/mol. The molecule has 1 aliphatic heterocycles. The van der Waals surface area contributed by atoms with E-state index in [4.69, 9.17) is 4.74 Å². The third-order valence-corrected chi connectivity index (χ3v) is 4.56. The van der Waals surface area contributed by atoms with Crippen molar-refractivity contribution in [3.63, 3.8) is 0 Å². The van der Waals surface area contributed by atoms with E-state index >= 15 is 0 Å². The summed E-state index contributed by atoms with van der Waals surface area (Å²) in [6.45, 7) is 13.6. The molecule has 4 nitrogen and oxygen atoms in total. The van der Waals surface area contributed by atoms with Gasteiger partial charge in [-0.05, 0) is 26.9 Å². The molecule has 0 spiro atoms. The second kappa shape index (κ2) is 11.4. The zero-order valence-corrected chi connectivity index (χ0v) is 14.8. The van der Waals surface area contributed by atoms with Crippen LogP contribution >= 0.6 is 0 Å². The second-order valence-electron chi connectivity index (χ2n) is 6.49. The topological polar surface area (TPSA) is 19.0 Å². The average Bonchev–Trinajstić information content (AvgIpc) is 2.50. The number of hydrogen-bond acceptors (Lipinski definition) is 4. The number of piperazine rings is 1. The molecule has 1 saturated heterocycles. The van der Waals surface area contributed by atoms with Gasteiger partial charge in [-0.3, -0.25) is 4.90 Å². The first-order valence-corrected chi connectivity index (χ1v) is 8.86. The molecule has 126 valence electrons. The van der Waals surface area contributed by atoms with Gasteiger partial charge in [0.15, 0.2) is 0 Å². The van der Waals surface area contributed by atoms with E-state index in [1.165, 1.54) is 52.0 Å². The van der Waals surface area contributed by atoms with Crippen molar-refractivity contribution in [3.8, 4) is 0 Å². The summed E-state index contributed by atoms with van der Waals surface area (Å²) in [7, 11) is 4.43. The Kier molecular flexibility index (Phi) is 10.3. The standard InChI is InChI=1S/C17H37N3O/c1-5-7-8-17(6-2)21-16-15-19(4)11-14-20-12-9-18(3)10-13-20/h17H,5-16H2,1-4H3. The summed E-state index contributed by atoms with van der Waals surface area (Å²) >= 11 is 0. The molecule has 1 aliphatic rings. The third-order valence-electron chi connectivity index (χ3n) is 4.56. The van der Waals surface area contributed by atoms with E-state index in [0.29, 0.717) is 6.10 Å². The molecule has 0 N–H and O–H groups in total. The van der Waals surface area contributed by atoms with Crippen LogP contribution in [0.4, 0.5) is 0 Å². The molecular weight excluding hydrogens is 262 g/mol. The van der Waals surface area contributed by atoms with E-state index in [9.17, 15) is 0 Å². The Bertz CT molecular complexity index is 242. The van der Waals surface area contributed by atoms with Gasteiger partial charge in [0.1, 0.15) is 0 Å². The molecule has 1 heterocycles. The maximum absolute atomic E-state index is 6.01. The Morgan fingerprint density at radius 2 is 1.81 bits per heavy atom. The molecule has 0 aliphatic carbocycles. The minimum atomic E-state index is 0.469. The number of ether oxygens (including phenoxy) is 1. The van der Waals surface area contributed by atoms with Crippen LogP contribution in [0, 0.1) is 0 Å². The van der Waals surface area contributed by atoms with Crippen LogP contribution in [0.15, 0.2) is 0 Å². The summed E-state index contributed by atoms with van der Waals surface area (Å²) < 4.78 is 6.01. The Morgan fingerprint density at radius 1 is 1.10 bits per heavy atom. The number of unbranched alkanes of at least 4 members (excludes halogenated alkanes) is 1. The highest BCUT2D eigenvalue weighted by Gasteiger charge is 2.14. The lowest BCUT2D eigenvalue weighted by Crippen LogP contribution is -2.46. The van der Waals surface area contributed by atoms with E-state index in [0.717, 1.165) is 26.1 Å². The van der Waals surface area contributed by atoms with Crippen molar-refractivity contribution in [2.75, 3.05) is 66.5 Å². The molecule has 1 fully saturated rings. The van der Waals surface area contributed by atoms with Gasteiger partial charge in [0, 0.05) is 45.8 Å². The van der Waals surface area contributed by atoms with Crippen molar-refractivity contribution in [2.24, 2.45) is 0 Å². The number of hydrogen-bond donors (Lipinski definition) is 0. The van der Waals surface area contributed by atoms with Crippen LogP contribution in [0.5, 0.6) is 0 Å². The van der Waals surface area contributed by atoms with Gasteiger partial charge in [0.2, 0.25) is 0 Å². The van der Waals surface area contributed by atoms with Crippen LogP contribution in [0.25, 0.3) is 0 Å². The number of nitrogens with zero attached hydrogens (tertiary/aromatic N) is 3. The maximum Gasteiger partial charge on any atom is 0.0597 e. The minimum absolute atomic E-state index is 0.469. The van der Waals surface area contributed by atoms with E-state index in [-0.39, 0.29) is 0 Å². The van der Waals surface area contributed by atoms with Crippen molar-refractivity contribution in [2.45, 2.75) is 45.6 Å². The maximum atomic E-state index is 6.01. The SMILES string of the molecule is CCCCC(CC)OCCN(C)CCN1CCN(C)CC1. The predicted octanol–water partition coefficient (Wildman–Crippen LogP) is 2.15. The highest BCUT2D eigenvalue weighted by Crippen LogP contribution is 2.08. The van der Waals surface area contributed by atoms with Gasteiger partial charge in [0.25, 0.3) is 0 Å². The van der Waals surface area contributed by atoms with Gasteiger partial charge in [-0.25, -0.2) is 0 Å². The zero-order valence-electron chi connectivity index (χ0n) is 14.8. The highest BCUT2D eigenvalue weighted by atomic mass is 16.5. The second-order valence-corrected chi connectivity index (χ2v) is 6.49. The van der Waals surface area contributed by atoms with E-state index in [1.807, 2.05) is 0 Å². The quantitative estimate of drug-likeness (QED) is 0.582. The van der Waals surface area contributed by atoms with Crippen molar-refractivity contribution in [1.29, 1.82) is 0 Å². The van der Waals surface area contributed by atoms with Crippen molar-refractivity contribution >= 4 is 0 Å². The summed E-state index contributed by atoms with van der Waals surface area (Å²) in [5.41, 5.74) is 0. The lowest BCUT2D eigenvalue weighted by Gasteiger charge is -2.33. The molecule has 1 rings (SSSR count). The van der Waals surface area contributed by atoms with Gasteiger partial charge in [-0.2, -0.15) is 0 Å². The molecule has 0 amide bonds. The Labute approximate surface area is 132 Å². The smallest absolute Gasteiger partial charge is 0.0597 e. The molecule has 4 heteroatoms. The fourth-order valence-corrected chi connectivity index (χ4v) is 2.71. The Balaban J connectivity index is 2.03. The van der Waals surface area contributed by atoms with Gasteiger partial charge in [0.05, 0.1) is 12.7 Å². The fourth-order valence-electron chi connectivity index (χ4n) is 2.71. The first-order chi connectivity index (χ1) is 10.2. The molecule has 1 atom stereocenters. The van der Waals surface area contributed by atoms with Crippen LogP contribution in [-0.4, -0.2) is 87.3 Å². The zero-order chi connectivity index (χ0) is 15.5. The lowest BCUT2D eigenvalue weighted by molar-refractivity contribution is 0.0308. The van der Waals surface area contributed by atoms with E-state index in [1.54, 1.807) is 0 Å². The average molecular weight is 300 g/mol. The van der Waals surface area contributed by atoms with Gasteiger partial charge in [-0.1, -0.05) is 26.7 Å². The summed E-state index contributed by atoms with van der Waals surface area (Å²) in [6.07, 6.45) is 5.39. The van der Waals surface area contributed by atoms with E-state index < -0.39 is 0 Å². The van der Waals surface area contributed by atoms with Crippen LogP contribution in [0.3, 0.4) is 0 Å². The molecule has 21 heavy (non-hydrogen) atoms. The predicted molar refractivity (Wildman–Crippen MR) is 91.0 cm³/mol. The Morgan fingerprint density at radius 3 is 2.43 bits per heavy atom.